The fraction of sp³-hybridized carbons (Fsp3) is 0.464. The molecule has 0 bridgehead atoms. The monoisotopic (exact) mass is 541 g/mol. The highest BCUT2D eigenvalue weighted by Gasteiger charge is 2.42. The van der Waals surface area contributed by atoms with E-state index in [4.69, 9.17) is 21.3 Å². The van der Waals surface area contributed by atoms with Crippen molar-refractivity contribution in [1.29, 1.82) is 0 Å². The molecular formula is C28H30ClF2N5O2. The molecule has 0 saturated carbocycles. The minimum Gasteiger partial charge on any atom is -0.507 e. The van der Waals surface area contributed by atoms with Crippen LogP contribution in [0.25, 0.3) is 22.0 Å². The van der Waals surface area contributed by atoms with E-state index < -0.39 is 11.6 Å². The third-order valence-electron chi connectivity index (χ3n) is 8.34. The van der Waals surface area contributed by atoms with Gasteiger partial charge in [0.15, 0.2) is 5.82 Å². The molecule has 10 heteroatoms. The summed E-state index contributed by atoms with van der Waals surface area (Å²) in [5.41, 5.74) is 1.33. The second kappa shape index (κ2) is 9.10. The number of benzene rings is 2. The first-order chi connectivity index (χ1) is 18.4. The largest absolute Gasteiger partial charge is 0.507 e. The minimum atomic E-state index is -0.769. The number of hydrogen-bond donors (Lipinski definition) is 2. The molecule has 4 aliphatic rings. The van der Waals surface area contributed by atoms with E-state index in [0.29, 0.717) is 11.3 Å². The Balaban J connectivity index is 1.44. The van der Waals surface area contributed by atoms with Gasteiger partial charge in [-0.2, -0.15) is 0 Å². The first-order valence-electron chi connectivity index (χ1n) is 13.4. The number of nitrogens with one attached hydrogen (secondary N) is 1. The maximum atomic E-state index is 16.4. The van der Waals surface area contributed by atoms with Crippen LogP contribution in [-0.2, 0) is 0 Å². The predicted octanol–water partition coefficient (Wildman–Crippen LogP) is 4.38. The molecule has 0 aliphatic carbocycles. The van der Waals surface area contributed by atoms with Crippen molar-refractivity contribution in [2.75, 3.05) is 55.6 Å². The minimum absolute atomic E-state index is 0.0221. The molecule has 7 rings (SSSR count). The molecule has 2 saturated heterocycles. The molecule has 1 aromatic heterocycles. The summed E-state index contributed by atoms with van der Waals surface area (Å²) in [7, 11) is 0. The number of fused-ring (bicyclic) bond motifs is 4. The molecule has 3 atom stereocenters. The van der Waals surface area contributed by atoms with Gasteiger partial charge in [0.25, 0.3) is 0 Å². The fourth-order valence-corrected chi connectivity index (χ4v) is 6.91. The average Bonchev–Trinajstić information content (AvgIpc) is 3.39. The SMILES string of the molecule is C[C@@H]1CN2c3c4c(nc5c(F)c(-c6c(O)cccc6F)c(Cl)cc35)O[C@H](CN3CCCC3)CN4C[C@H]2CN1. The summed E-state index contributed by atoms with van der Waals surface area (Å²) >= 11 is 6.65. The highest BCUT2D eigenvalue weighted by molar-refractivity contribution is 6.34. The number of likely N-dealkylation sites (tertiary alicyclic amines) is 1. The van der Waals surface area contributed by atoms with Crippen molar-refractivity contribution in [3.8, 4) is 22.8 Å². The molecule has 2 aromatic carbocycles. The maximum absolute atomic E-state index is 16.4. The Morgan fingerprint density at radius 3 is 2.74 bits per heavy atom. The van der Waals surface area contributed by atoms with E-state index in [-0.39, 0.29) is 45.6 Å². The number of hydrogen-bond acceptors (Lipinski definition) is 7. The topological polar surface area (TPSA) is 64.1 Å². The average molecular weight is 542 g/mol. The zero-order chi connectivity index (χ0) is 26.1. The third kappa shape index (κ3) is 3.78. The molecule has 2 fully saturated rings. The van der Waals surface area contributed by atoms with E-state index in [2.05, 4.69) is 26.9 Å². The zero-order valence-corrected chi connectivity index (χ0v) is 21.9. The lowest BCUT2D eigenvalue weighted by atomic mass is 9.96. The van der Waals surface area contributed by atoms with E-state index in [1.165, 1.54) is 31.0 Å². The van der Waals surface area contributed by atoms with Gasteiger partial charge in [-0.1, -0.05) is 17.7 Å². The molecule has 2 N–H and O–H groups in total. The third-order valence-corrected chi connectivity index (χ3v) is 8.64. The Hall–Kier alpha value is -2.88. The highest BCUT2D eigenvalue weighted by atomic mass is 35.5. The smallest absolute Gasteiger partial charge is 0.240 e. The first kappa shape index (κ1) is 24.2. The molecule has 0 amide bonds. The summed E-state index contributed by atoms with van der Waals surface area (Å²) in [5.74, 6) is -1.51. The summed E-state index contributed by atoms with van der Waals surface area (Å²) < 4.78 is 37.7. The number of phenolic OH excluding ortho intramolecular Hbond substituents is 1. The van der Waals surface area contributed by atoms with Crippen LogP contribution < -0.4 is 19.9 Å². The normalized spacial score (nSPS) is 24.9. The highest BCUT2D eigenvalue weighted by Crippen LogP contribution is 2.51. The van der Waals surface area contributed by atoms with Crippen molar-refractivity contribution >= 4 is 33.9 Å². The van der Waals surface area contributed by atoms with Gasteiger partial charge in [-0.15, -0.1) is 0 Å². The van der Waals surface area contributed by atoms with Crippen LogP contribution in [0, 0.1) is 11.6 Å². The molecule has 38 heavy (non-hydrogen) atoms. The summed E-state index contributed by atoms with van der Waals surface area (Å²) in [6.07, 6.45) is 2.29. The van der Waals surface area contributed by atoms with E-state index in [9.17, 15) is 9.50 Å². The number of nitrogens with zero attached hydrogens (tertiary/aromatic N) is 4. The summed E-state index contributed by atoms with van der Waals surface area (Å²) in [6.45, 7) is 8.17. The van der Waals surface area contributed by atoms with Crippen molar-refractivity contribution in [3.05, 3.63) is 40.9 Å². The van der Waals surface area contributed by atoms with E-state index >= 15 is 4.39 Å². The Bertz CT molecular complexity index is 1410. The van der Waals surface area contributed by atoms with Crippen molar-refractivity contribution < 1.29 is 18.6 Å². The summed E-state index contributed by atoms with van der Waals surface area (Å²) in [5, 5.41) is 14.6. The van der Waals surface area contributed by atoms with Crippen LogP contribution in [0.4, 0.5) is 20.2 Å². The Kier molecular flexibility index (Phi) is 5.79. The van der Waals surface area contributed by atoms with Crippen molar-refractivity contribution in [2.24, 2.45) is 0 Å². The van der Waals surface area contributed by atoms with E-state index in [1.54, 1.807) is 6.07 Å². The number of anilines is 2. The van der Waals surface area contributed by atoms with Gasteiger partial charge in [-0.3, -0.25) is 4.90 Å². The van der Waals surface area contributed by atoms with Gasteiger partial charge in [-0.25, -0.2) is 13.8 Å². The lowest BCUT2D eigenvalue weighted by Gasteiger charge is -2.51. The van der Waals surface area contributed by atoms with Crippen LogP contribution in [0.1, 0.15) is 19.8 Å². The van der Waals surface area contributed by atoms with Gasteiger partial charge >= 0.3 is 0 Å². The van der Waals surface area contributed by atoms with Crippen molar-refractivity contribution in [2.45, 2.75) is 38.0 Å². The summed E-state index contributed by atoms with van der Waals surface area (Å²) in [4.78, 5) is 11.8. The number of phenols is 1. The van der Waals surface area contributed by atoms with Crippen molar-refractivity contribution in [1.82, 2.24) is 15.2 Å². The number of rotatable bonds is 3. The number of piperazine rings is 1. The molecule has 5 heterocycles. The molecule has 0 unspecified atom stereocenters. The van der Waals surface area contributed by atoms with Gasteiger partial charge < -0.3 is 25.0 Å². The van der Waals surface area contributed by atoms with Crippen molar-refractivity contribution in [3.63, 3.8) is 0 Å². The van der Waals surface area contributed by atoms with Gasteiger partial charge in [0.2, 0.25) is 5.88 Å². The number of aromatic nitrogens is 1. The lowest BCUT2D eigenvalue weighted by Crippen LogP contribution is -2.63. The second-order valence-electron chi connectivity index (χ2n) is 11.0. The van der Waals surface area contributed by atoms with E-state index in [1.807, 2.05) is 0 Å². The van der Waals surface area contributed by atoms with Gasteiger partial charge in [0, 0.05) is 43.2 Å². The van der Waals surface area contributed by atoms with Crippen LogP contribution >= 0.6 is 11.6 Å². The number of halogens is 3. The van der Waals surface area contributed by atoms with Crippen LogP contribution in [0.15, 0.2) is 24.3 Å². The molecule has 200 valence electrons. The Morgan fingerprint density at radius 2 is 1.95 bits per heavy atom. The number of ether oxygens (including phenoxy) is 1. The zero-order valence-electron chi connectivity index (χ0n) is 21.2. The number of pyridine rings is 1. The Labute approximate surface area is 224 Å². The molecule has 0 radical (unpaired) electrons. The molecule has 7 nitrogen and oxygen atoms in total. The van der Waals surface area contributed by atoms with Crippen LogP contribution in [0.2, 0.25) is 5.02 Å². The molecule has 3 aromatic rings. The molecular weight excluding hydrogens is 512 g/mol. The van der Waals surface area contributed by atoms with Crippen LogP contribution in [0.5, 0.6) is 11.6 Å². The standard InChI is InChI=1S/C28H30ClF2N5O2/c1-15-11-36-16(10-32-15)12-35-14-17(13-34-7-2-3-8-34)38-28-27(35)26(36)18-9-19(29)22(24(31)25(18)33-28)23-20(30)5-4-6-21(23)37/h4-6,9,15-17,32,37H,2-3,7-8,10-14H2,1H3/t15-,16-,17-/m1/s1. The van der Waals surface area contributed by atoms with Gasteiger partial charge in [-0.05, 0) is 51.1 Å². The van der Waals surface area contributed by atoms with E-state index in [0.717, 1.165) is 57.2 Å². The quantitative estimate of drug-likeness (QED) is 0.510. The molecule has 0 spiro atoms. The first-order valence-corrected chi connectivity index (χ1v) is 13.7. The van der Waals surface area contributed by atoms with Gasteiger partial charge in [0.05, 0.1) is 28.9 Å². The van der Waals surface area contributed by atoms with Crippen LogP contribution in [0.3, 0.4) is 0 Å². The Morgan fingerprint density at radius 1 is 1.13 bits per heavy atom. The summed E-state index contributed by atoms with van der Waals surface area (Å²) in [6, 6.07) is 5.97. The van der Waals surface area contributed by atoms with Crippen LogP contribution in [-0.4, -0.2) is 79.0 Å². The molecule has 4 aliphatic heterocycles. The fourth-order valence-electron chi connectivity index (χ4n) is 6.62. The lowest BCUT2D eigenvalue weighted by molar-refractivity contribution is 0.135. The maximum Gasteiger partial charge on any atom is 0.240 e. The second-order valence-corrected chi connectivity index (χ2v) is 11.4. The van der Waals surface area contributed by atoms with Gasteiger partial charge in [0.1, 0.15) is 28.9 Å². The number of aromatic hydroxyl groups is 1. The predicted molar refractivity (Wildman–Crippen MR) is 145 cm³/mol.